The molecule has 2 amide bonds. The van der Waals surface area contributed by atoms with Gasteiger partial charge in [-0.3, -0.25) is 9.59 Å². The number of thiazole rings is 1. The van der Waals surface area contributed by atoms with Crippen LogP contribution in [0, 0.1) is 6.92 Å². The number of amides is 2. The van der Waals surface area contributed by atoms with Gasteiger partial charge in [0.05, 0.1) is 13.4 Å². The average Bonchev–Trinajstić information content (AvgIpc) is 3.45. The molecule has 0 unspecified atom stereocenters. The topological polar surface area (TPSA) is 75.9 Å². The Morgan fingerprint density at radius 2 is 1.83 bits per heavy atom. The Balaban J connectivity index is 1.39. The lowest BCUT2D eigenvalue weighted by molar-refractivity contribution is 0.0532. The maximum Gasteiger partial charge on any atom is 0.273 e. The molecule has 0 atom stereocenters. The summed E-state index contributed by atoms with van der Waals surface area (Å²) in [6.45, 7) is 3.85. The second-order valence-corrected chi connectivity index (χ2v) is 7.64. The second-order valence-electron chi connectivity index (χ2n) is 6.78. The van der Waals surface area contributed by atoms with Crippen LogP contribution >= 0.6 is 11.3 Å². The van der Waals surface area contributed by atoms with E-state index in [1.165, 1.54) is 11.3 Å². The molecule has 2 aromatic heterocycles. The van der Waals surface area contributed by atoms with Gasteiger partial charge < -0.3 is 19.0 Å². The van der Waals surface area contributed by atoms with Crippen LogP contribution in [-0.4, -0.2) is 59.9 Å². The van der Waals surface area contributed by atoms with E-state index in [2.05, 4.69) is 4.98 Å². The van der Waals surface area contributed by atoms with E-state index in [1.807, 2.05) is 25.1 Å². The molecule has 0 radical (unpaired) electrons. The zero-order valence-corrected chi connectivity index (χ0v) is 17.1. The van der Waals surface area contributed by atoms with E-state index in [1.54, 1.807) is 40.7 Å². The van der Waals surface area contributed by atoms with Crippen molar-refractivity contribution in [2.45, 2.75) is 6.92 Å². The number of furan rings is 1. The summed E-state index contributed by atoms with van der Waals surface area (Å²) in [5.74, 6) is 1.17. The molecule has 1 aliphatic heterocycles. The summed E-state index contributed by atoms with van der Waals surface area (Å²) < 4.78 is 10.6. The minimum absolute atomic E-state index is 0.0517. The molecule has 3 aromatic rings. The van der Waals surface area contributed by atoms with E-state index >= 15 is 0 Å². The molecule has 29 heavy (non-hydrogen) atoms. The van der Waals surface area contributed by atoms with E-state index in [9.17, 15) is 9.59 Å². The lowest BCUT2D eigenvalue weighted by Crippen LogP contribution is -2.50. The van der Waals surface area contributed by atoms with Gasteiger partial charge in [0.1, 0.15) is 11.4 Å². The van der Waals surface area contributed by atoms with Crippen LogP contribution in [0.1, 0.15) is 26.4 Å². The minimum Gasteiger partial charge on any atom is -0.496 e. The SMILES string of the molecule is COc1cc(C(=O)N2CCN(C(=O)c3csc(-c4ccco4)n3)CC2)ccc1C. The zero-order chi connectivity index (χ0) is 20.4. The van der Waals surface area contributed by atoms with E-state index in [4.69, 9.17) is 9.15 Å². The van der Waals surface area contributed by atoms with E-state index < -0.39 is 0 Å². The third-order valence-corrected chi connectivity index (χ3v) is 5.82. The van der Waals surface area contributed by atoms with Crippen molar-refractivity contribution >= 4 is 23.2 Å². The number of carbonyl (C=O) groups is 2. The first kappa shape index (κ1) is 19.2. The molecule has 1 saturated heterocycles. The Labute approximate surface area is 172 Å². The first-order chi connectivity index (χ1) is 14.1. The average molecular weight is 411 g/mol. The summed E-state index contributed by atoms with van der Waals surface area (Å²) in [7, 11) is 1.59. The van der Waals surface area contributed by atoms with Crippen LogP contribution in [0.3, 0.4) is 0 Å². The summed E-state index contributed by atoms with van der Waals surface area (Å²) in [5.41, 5.74) is 1.98. The highest BCUT2D eigenvalue weighted by atomic mass is 32.1. The predicted octanol–water partition coefficient (Wildman–Crippen LogP) is 3.32. The van der Waals surface area contributed by atoms with Crippen molar-refractivity contribution in [2.24, 2.45) is 0 Å². The predicted molar refractivity (Wildman–Crippen MR) is 109 cm³/mol. The number of hydrogen-bond acceptors (Lipinski definition) is 6. The fraction of sp³-hybridized carbons (Fsp3) is 0.286. The molecular formula is C21H21N3O4S. The van der Waals surface area contributed by atoms with Crippen LogP contribution in [0.4, 0.5) is 0 Å². The number of nitrogens with zero attached hydrogens (tertiary/aromatic N) is 3. The molecular weight excluding hydrogens is 390 g/mol. The third-order valence-electron chi connectivity index (χ3n) is 4.96. The maximum atomic E-state index is 12.8. The standard InChI is InChI=1S/C21H21N3O4S/c1-14-5-6-15(12-18(14)27-2)20(25)23-7-9-24(10-8-23)21(26)16-13-29-19(22-16)17-4-3-11-28-17/h3-6,11-13H,7-10H2,1-2H3. The summed E-state index contributed by atoms with van der Waals surface area (Å²) in [6.07, 6.45) is 1.58. The molecule has 150 valence electrons. The van der Waals surface area contributed by atoms with Crippen LogP contribution < -0.4 is 4.74 Å². The molecule has 0 saturated carbocycles. The van der Waals surface area contributed by atoms with Crippen molar-refractivity contribution in [3.05, 3.63) is 58.8 Å². The Hall–Kier alpha value is -3.13. The van der Waals surface area contributed by atoms with Crippen molar-refractivity contribution in [1.82, 2.24) is 14.8 Å². The Morgan fingerprint density at radius 3 is 2.48 bits per heavy atom. The van der Waals surface area contributed by atoms with Crippen molar-refractivity contribution in [1.29, 1.82) is 0 Å². The van der Waals surface area contributed by atoms with Gasteiger partial charge in [0.25, 0.3) is 11.8 Å². The largest absolute Gasteiger partial charge is 0.496 e. The van der Waals surface area contributed by atoms with E-state index in [0.717, 1.165) is 5.56 Å². The number of hydrogen-bond donors (Lipinski definition) is 0. The van der Waals surface area contributed by atoms with Crippen LogP contribution in [0.2, 0.25) is 0 Å². The van der Waals surface area contributed by atoms with Crippen LogP contribution in [0.15, 0.2) is 46.4 Å². The lowest BCUT2D eigenvalue weighted by Gasteiger charge is -2.34. The molecule has 0 spiro atoms. The number of carbonyl (C=O) groups excluding carboxylic acids is 2. The molecule has 1 fully saturated rings. The third kappa shape index (κ3) is 3.88. The first-order valence-electron chi connectivity index (χ1n) is 9.29. The molecule has 1 aromatic carbocycles. The number of benzene rings is 1. The van der Waals surface area contributed by atoms with E-state index in [-0.39, 0.29) is 11.8 Å². The summed E-state index contributed by atoms with van der Waals surface area (Å²) in [6, 6.07) is 9.06. The fourth-order valence-electron chi connectivity index (χ4n) is 3.30. The monoisotopic (exact) mass is 411 g/mol. The lowest BCUT2D eigenvalue weighted by atomic mass is 10.1. The summed E-state index contributed by atoms with van der Waals surface area (Å²) in [5, 5.41) is 2.43. The number of aromatic nitrogens is 1. The van der Waals surface area contributed by atoms with Crippen LogP contribution in [-0.2, 0) is 0 Å². The molecule has 3 heterocycles. The maximum absolute atomic E-state index is 12.8. The van der Waals surface area contributed by atoms with Gasteiger partial charge >= 0.3 is 0 Å². The van der Waals surface area contributed by atoms with Gasteiger partial charge in [-0.15, -0.1) is 11.3 Å². The molecule has 0 aliphatic carbocycles. The highest BCUT2D eigenvalue weighted by Gasteiger charge is 2.27. The number of rotatable bonds is 4. The Morgan fingerprint density at radius 1 is 1.10 bits per heavy atom. The van der Waals surface area contributed by atoms with Crippen LogP contribution in [0.5, 0.6) is 5.75 Å². The smallest absolute Gasteiger partial charge is 0.273 e. The normalized spacial score (nSPS) is 14.1. The molecule has 7 nitrogen and oxygen atoms in total. The van der Waals surface area contributed by atoms with Gasteiger partial charge in [0, 0.05) is 37.1 Å². The van der Waals surface area contributed by atoms with Gasteiger partial charge in [-0.25, -0.2) is 4.98 Å². The van der Waals surface area contributed by atoms with Crippen molar-refractivity contribution in [2.75, 3.05) is 33.3 Å². The molecule has 1 aliphatic rings. The number of methoxy groups -OCH3 is 1. The molecule has 4 rings (SSSR count). The second kappa shape index (κ2) is 8.08. The Kier molecular flexibility index (Phi) is 5.35. The first-order valence-corrected chi connectivity index (χ1v) is 10.2. The highest BCUT2D eigenvalue weighted by Crippen LogP contribution is 2.25. The molecule has 0 bridgehead atoms. The quantitative estimate of drug-likeness (QED) is 0.658. The van der Waals surface area contributed by atoms with E-state index in [0.29, 0.717) is 54.0 Å². The molecule has 0 N–H and O–H groups in total. The summed E-state index contributed by atoms with van der Waals surface area (Å²) in [4.78, 5) is 33.5. The van der Waals surface area contributed by atoms with Gasteiger partial charge in [-0.2, -0.15) is 0 Å². The number of piperazine rings is 1. The van der Waals surface area contributed by atoms with Crippen molar-refractivity contribution in [3.8, 4) is 16.5 Å². The number of ether oxygens (including phenoxy) is 1. The van der Waals surface area contributed by atoms with Gasteiger partial charge in [0.2, 0.25) is 0 Å². The fourth-order valence-corrected chi connectivity index (χ4v) is 4.06. The van der Waals surface area contributed by atoms with Crippen LogP contribution in [0.25, 0.3) is 10.8 Å². The van der Waals surface area contributed by atoms with Gasteiger partial charge in [-0.05, 0) is 36.8 Å². The zero-order valence-electron chi connectivity index (χ0n) is 16.3. The summed E-state index contributed by atoms with van der Waals surface area (Å²) >= 11 is 1.38. The van der Waals surface area contributed by atoms with Crippen molar-refractivity contribution in [3.63, 3.8) is 0 Å². The molecule has 8 heteroatoms. The highest BCUT2D eigenvalue weighted by molar-refractivity contribution is 7.13. The minimum atomic E-state index is -0.122. The van der Waals surface area contributed by atoms with Gasteiger partial charge in [0.15, 0.2) is 10.8 Å². The van der Waals surface area contributed by atoms with Gasteiger partial charge in [-0.1, -0.05) is 6.07 Å². The van der Waals surface area contributed by atoms with Crippen molar-refractivity contribution < 1.29 is 18.7 Å². The Bertz CT molecular complexity index is 1020. The number of aryl methyl sites for hydroxylation is 1.